The highest BCUT2D eigenvalue weighted by Crippen LogP contribution is 2.20. The molecule has 4 nitrogen and oxygen atoms in total. The standard InChI is InChI=1S/C19H34O4/c1-3-9-17(23-19-13-5-7-15-21-19)11-8-10-16(2)22-18-12-4-6-14-20-18/h3,9,16-19H,4-8,10-15H2,1-2H3/b9-3+/t16?,17-,18?,19?/m0/s1. The molecule has 0 aromatic rings. The highest BCUT2D eigenvalue weighted by Gasteiger charge is 2.20. The van der Waals surface area contributed by atoms with E-state index in [2.05, 4.69) is 19.1 Å². The van der Waals surface area contributed by atoms with Crippen LogP contribution in [0.5, 0.6) is 0 Å². The number of hydrogen-bond donors (Lipinski definition) is 0. The second-order valence-electron chi connectivity index (χ2n) is 6.67. The van der Waals surface area contributed by atoms with E-state index in [1.54, 1.807) is 0 Å². The topological polar surface area (TPSA) is 36.9 Å². The molecule has 0 radical (unpaired) electrons. The molecule has 0 saturated carbocycles. The van der Waals surface area contributed by atoms with Crippen molar-refractivity contribution in [1.82, 2.24) is 0 Å². The molecular weight excluding hydrogens is 292 g/mol. The SMILES string of the molecule is C/C=C/[C@@H](CCCC(C)OC1CCCCO1)OC1CCCCO1. The van der Waals surface area contributed by atoms with Crippen LogP contribution in [0.4, 0.5) is 0 Å². The van der Waals surface area contributed by atoms with Gasteiger partial charge >= 0.3 is 0 Å². The van der Waals surface area contributed by atoms with Crippen LogP contribution < -0.4 is 0 Å². The zero-order valence-corrected chi connectivity index (χ0v) is 14.9. The molecule has 2 fully saturated rings. The number of allylic oxidation sites excluding steroid dienone is 1. The minimum absolute atomic E-state index is 0.0111. The monoisotopic (exact) mass is 326 g/mol. The lowest BCUT2D eigenvalue weighted by molar-refractivity contribution is -0.187. The van der Waals surface area contributed by atoms with Gasteiger partial charge in [-0.15, -0.1) is 0 Å². The van der Waals surface area contributed by atoms with Gasteiger partial charge < -0.3 is 18.9 Å². The van der Waals surface area contributed by atoms with Crippen LogP contribution >= 0.6 is 0 Å². The van der Waals surface area contributed by atoms with Crippen molar-refractivity contribution in [2.75, 3.05) is 13.2 Å². The molecule has 0 aromatic heterocycles. The van der Waals surface area contributed by atoms with Crippen LogP contribution in [-0.2, 0) is 18.9 Å². The van der Waals surface area contributed by atoms with Crippen molar-refractivity contribution in [1.29, 1.82) is 0 Å². The van der Waals surface area contributed by atoms with Crippen molar-refractivity contribution in [3.63, 3.8) is 0 Å². The molecule has 0 spiro atoms. The number of ether oxygens (including phenoxy) is 4. The van der Waals surface area contributed by atoms with Gasteiger partial charge in [0.2, 0.25) is 0 Å². The maximum atomic E-state index is 6.09. The summed E-state index contributed by atoms with van der Waals surface area (Å²) in [5.41, 5.74) is 0. The summed E-state index contributed by atoms with van der Waals surface area (Å²) in [5.74, 6) is 0. The Kier molecular flexibility index (Phi) is 9.20. The van der Waals surface area contributed by atoms with Gasteiger partial charge in [0.05, 0.1) is 12.2 Å². The van der Waals surface area contributed by atoms with E-state index in [0.717, 1.165) is 51.7 Å². The van der Waals surface area contributed by atoms with E-state index in [0.29, 0.717) is 0 Å². The van der Waals surface area contributed by atoms with Crippen molar-refractivity contribution in [3.05, 3.63) is 12.2 Å². The summed E-state index contributed by atoms with van der Waals surface area (Å²) < 4.78 is 23.4. The van der Waals surface area contributed by atoms with Crippen molar-refractivity contribution >= 4 is 0 Å². The summed E-state index contributed by atoms with van der Waals surface area (Å²) >= 11 is 0. The van der Waals surface area contributed by atoms with Crippen LogP contribution in [0.2, 0.25) is 0 Å². The minimum Gasteiger partial charge on any atom is -0.353 e. The third-order valence-electron chi connectivity index (χ3n) is 4.49. The molecule has 0 bridgehead atoms. The van der Waals surface area contributed by atoms with E-state index in [1.165, 1.54) is 19.3 Å². The first-order chi connectivity index (χ1) is 11.3. The lowest BCUT2D eigenvalue weighted by Gasteiger charge is -2.27. The normalized spacial score (nSPS) is 28.8. The molecule has 2 rings (SSSR count). The van der Waals surface area contributed by atoms with Crippen LogP contribution in [0.3, 0.4) is 0 Å². The van der Waals surface area contributed by atoms with Crippen molar-refractivity contribution in [2.45, 2.75) is 96.4 Å². The van der Waals surface area contributed by atoms with Crippen LogP contribution in [0.15, 0.2) is 12.2 Å². The Bertz CT molecular complexity index is 319. The Morgan fingerprint density at radius 2 is 1.61 bits per heavy atom. The average Bonchev–Trinajstić information content (AvgIpc) is 2.57. The summed E-state index contributed by atoms with van der Waals surface area (Å²) in [7, 11) is 0. The van der Waals surface area contributed by atoms with Crippen LogP contribution in [0, 0.1) is 0 Å². The summed E-state index contributed by atoms with van der Waals surface area (Å²) in [5, 5.41) is 0. The molecule has 23 heavy (non-hydrogen) atoms. The molecule has 0 aromatic carbocycles. The molecule has 2 heterocycles. The van der Waals surface area contributed by atoms with E-state index in [9.17, 15) is 0 Å². The Balaban J connectivity index is 1.62. The molecule has 0 amide bonds. The van der Waals surface area contributed by atoms with Gasteiger partial charge in [0.1, 0.15) is 0 Å². The predicted octanol–water partition coefficient (Wildman–Crippen LogP) is 4.58. The highest BCUT2D eigenvalue weighted by molar-refractivity contribution is 4.87. The van der Waals surface area contributed by atoms with E-state index in [1.807, 2.05) is 6.92 Å². The summed E-state index contributed by atoms with van der Waals surface area (Å²) in [6.07, 6.45) is 14.6. The van der Waals surface area contributed by atoms with Crippen molar-refractivity contribution in [3.8, 4) is 0 Å². The molecule has 2 aliphatic heterocycles. The van der Waals surface area contributed by atoms with Crippen LogP contribution in [0.1, 0.15) is 71.6 Å². The van der Waals surface area contributed by atoms with Crippen molar-refractivity contribution < 1.29 is 18.9 Å². The maximum Gasteiger partial charge on any atom is 0.158 e. The molecule has 2 aliphatic rings. The third-order valence-corrected chi connectivity index (χ3v) is 4.49. The van der Waals surface area contributed by atoms with E-state index >= 15 is 0 Å². The van der Waals surface area contributed by atoms with Gasteiger partial charge in [0, 0.05) is 13.2 Å². The third kappa shape index (κ3) is 7.79. The largest absolute Gasteiger partial charge is 0.353 e. The van der Waals surface area contributed by atoms with Gasteiger partial charge in [-0.05, 0) is 71.6 Å². The highest BCUT2D eigenvalue weighted by atomic mass is 16.7. The summed E-state index contributed by atoms with van der Waals surface area (Å²) in [6, 6.07) is 0. The Hall–Kier alpha value is -0.420. The molecule has 4 atom stereocenters. The zero-order chi connectivity index (χ0) is 16.3. The fraction of sp³-hybridized carbons (Fsp3) is 0.895. The van der Waals surface area contributed by atoms with Gasteiger partial charge in [-0.3, -0.25) is 0 Å². The quantitative estimate of drug-likeness (QED) is 0.581. The second kappa shape index (κ2) is 11.2. The molecule has 0 N–H and O–H groups in total. The van der Waals surface area contributed by atoms with Gasteiger partial charge in [-0.1, -0.05) is 12.2 Å². The molecule has 0 aliphatic carbocycles. The maximum absolute atomic E-state index is 6.09. The minimum atomic E-state index is -0.0192. The predicted molar refractivity (Wildman–Crippen MR) is 91.3 cm³/mol. The van der Waals surface area contributed by atoms with Crippen LogP contribution in [-0.4, -0.2) is 38.0 Å². The first-order valence-corrected chi connectivity index (χ1v) is 9.45. The summed E-state index contributed by atoms with van der Waals surface area (Å²) in [6.45, 7) is 5.87. The number of rotatable bonds is 9. The smallest absolute Gasteiger partial charge is 0.158 e. The van der Waals surface area contributed by atoms with Gasteiger partial charge in [0.15, 0.2) is 12.6 Å². The first kappa shape index (κ1) is 18.9. The first-order valence-electron chi connectivity index (χ1n) is 9.45. The Morgan fingerprint density at radius 3 is 2.17 bits per heavy atom. The molecule has 2 saturated heterocycles. The van der Waals surface area contributed by atoms with E-state index < -0.39 is 0 Å². The molecule has 3 unspecified atom stereocenters. The fourth-order valence-electron chi connectivity index (χ4n) is 3.19. The molecule has 4 heteroatoms. The van der Waals surface area contributed by atoms with Gasteiger partial charge in [-0.2, -0.15) is 0 Å². The van der Waals surface area contributed by atoms with Crippen LogP contribution in [0.25, 0.3) is 0 Å². The lowest BCUT2D eigenvalue weighted by Crippen LogP contribution is -2.28. The lowest BCUT2D eigenvalue weighted by atomic mass is 10.1. The van der Waals surface area contributed by atoms with E-state index in [-0.39, 0.29) is 24.8 Å². The summed E-state index contributed by atoms with van der Waals surface area (Å²) in [4.78, 5) is 0. The van der Waals surface area contributed by atoms with Gasteiger partial charge in [0.25, 0.3) is 0 Å². The van der Waals surface area contributed by atoms with Gasteiger partial charge in [-0.25, -0.2) is 0 Å². The number of hydrogen-bond acceptors (Lipinski definition) is 4. The zero-order valence-electron chi connectivity index (χ0n) is 14.9. The Labute approximate surface area is 141 Å². The van der Waals surface area contributed by atoms with E-state index in [4.69, 9.17) is 18.9 Å². The average molecular weight is 326 g/mol. The molecule has 134 valence electrons. The Morgan fingerprint density at radius 1 is 0.957 bits per heavy atom. The van der Waals surface area contributed by atoms with Crippen molar-refractivity contribution in [2.24, 2.45) is 0 Å². The molecular formula is C19H34O4. The second-order valence-corrected chi connectivity index (χ2v) is 6.67. The fourth-order valence-corrected chi connectivity index (χ4v) is 3.19.